The number of para-hydroxylation sites is 1. The highest BCUT2D eigenvalue weighted by atomic mass is 16.5. The van der Waals surface area contributed by atoms with Gasteiger partial charge < -0.3 is 20.4 Å². The van der Waals surface area contributed by atoms with E-state index in [2.05, 4.69) is 35.5 Å². The van der Waals surface area contributed by atoms with Gasteiger partial charge in [0.25, 0.3) is 0 Å². The molecule has 186 valence electrons. The van der Waals surface area contributed by atoms with Crippen molar-refractivity contribution in [1.29, 1.82) is 0 Å². The van der Waals surface area contributed by atoms with Gasteiger partial charge in [0.1, 0.15) is 5.75 Å². The summed E-state index contributed by atoms with van der Waals surface area (Å²) in [5.74, 6) is 0.281. The highest BCUT2D eigenvalue weighted by Gasteiger charge is 2.42. The quantitative estimate of drug-likeness (QED) is 0.453. The Morgan fingerprint density at radius 2 is 1.86 bits per heavy atom. The minimum Gasteiger partial charge on any atom is -0.497 e. The van der Waals surface area contributed by atoms with Crippen LogP contribution in [0.3, 0.4) is 0 Å². The number of H-pyrrole nitrogens is 1. The summed E-state index contributed by atoms with van der Waals surface area (Å²) in [5, 5.41) is 7.73. The first kappa shape index (κ1) is 23.9. The second-order valence-electron chi connectivity index (χ2n) is 10.6. The maximum atomic E-state index is 13.6. The molecule has 3 aromatic rings. The van der Waals surface area contributed by atoms with Crippen LogP contribution in [-0.4, -0.2) is 30.3 Å². The van der Waals surface area contributed by atoms with Crippen LogP contribution in [0.2, 0.25) is 0 Å². The normalized spacial score (nSPS) is 19.2. The van der Waals surface area contributed by atoms with Gasteiger partial charge in [0, 0.05) is 58.5 Å². The molecule has 0 saturated carbocycles. The number of amides is 1. The maximum absolute atomic E-state index is 13.6. The van der Waals surface area contributed by atoms with E-state index in [0.717, 1.165) is 34.6 Å². The molecule has 2 aromatic carbocycles. The predicted octanol–water partition coefficient (Wildman–Crippen LogP) is 5.14. The van der Waals surface area contributed by atoms with Crippen LogP contribution in [0, 0.1) is 5.41 Å². The average molecular weight is 484 g/mol. The van der Waals surface area contributed by atoms with Gasteiger partial charge in [-0.05, 0) is 54.5 Å². The van der Waals surface area contributed by atoms with Crippen molar-refractivity contribution >= 4 is 22.6 Å². The molecule has 1 aliphatic carbocycles. The summed E-state index contributed by atoms with van der Waals surface area (Å²) in [7, 11) is 1.63. The molecule has 2 aliphatic rings. The number of benzene rings is 2. The van der Waals surface area contributed by atoms with Gasteiger partial charge in [0.15, 0.2) is 5.78 Å². The third-order valence-electron chi connectivity index (χ3n) is 7.29. The fourth-order valence-electron chi connectivity index (χ4n) is 5.61. The summed E-state index contributed by atoms with van der Waals surface area (Å²) in [6.45, 7) is 6.66. The Kier molecular flexibility index (Phi) is 6.20. The molecule has 1 amide bonds. The Bertz CT molecular complexity index is 1390. The number of nitrogens with one attached hydrogen (secondary N) is 3. The fraction of sp³-hybridized carbons (Fsp3) is 0.333. The molecule has 0 bridgehead atoms. The minimum atomic E-state index is -0.413. The number of aromatic nitrogens is 1. The van der Waals surface area contributed by atoms with Gasteiger partial charge in [-0.1, -0.05) is 44.2 Å². The molecule has 0 saturated heterocycles. The molecule has 0 fully saturated rings. The van der Waals surface area contributed by atoms with Crippen molar-refractivity contribution in [2.24, 2.45) is 5.41 Å². The molecule has 1 unspecified atom stereocenters. The van der Waals surface area contributed by atoms with Gasteiger partial charge in [-0.15, -0.1) is 0 Å². The second-order valence-corrected chi connectivity index (χ2v) is 10.6. The summed E-state index contributed by atoms with van der Waals surface area (Å²) in [4.78, 5) is 30.4. The zero-order valence-electron chi connectivity index (χ0n) is 21.3. The Labute approximate surface area is 211 Å². The molecule has 36 heavy (non-hydrogen) atoms. The Balaban J connectivity index is 1.44. The first-order chi connectivity index (χ1) is 17.3. The molecular weight excluding hydrogens is 450 g/mol. The van der Waals surface area contributed by atoms with E-state index in [1.807, 2.05) is 55.6 Å². The SMILES string of the molecule is COc1ccc(C2C(C(=O)NCCc3c[nH]c4ccccc34)=C(C)NC3=C2C(=O)CC(C)(C)C3)cc1. The van der Waals surface area contributed by atoms with Crippen molar-refractivity contribution in [3.05, 3.63) is 88.4 Å². The summed E-state index contributed by atoms with van der Waals surface area (Å²) in [6, 6.07) is 15.8. The number of Topliss-reactive ketones (excluding diaryl/α,β-unsaturated/α-hetero) is 1. The first-order valence-electron chi connectivity index (χ1n) is 12.5. The van der Waals surface area contributed by atoms with E-state index in [1.165, 1.54) is 10.9 Å². The van der Waals surface area contributed by atoms with E-state index in [0.29, 0.717) is 30.5 Å². The standard InChI is InChI=1S/C30H33N3O3/c1-18-26(29(35)31-14-13-20-17-32-23-8-6-5-7-22(20)23)27(19-9-11-21(36-4)12-10-19)28-24(33-18)15-30(2,3)16-25(28)34/h5-12,17,27,32-33H,13-16H2,1-4H3,(H,31,35). The molecule has 0 spiro atoms. The molecule has 6 nitrogen and oxygen atoms in total. The van der Waals surface area contributed by atoms with Crippen LogP contribution < -0.4 is 15.4 Å². The highest BCUT2D eigenvalue weighted by Crippen LogP contribution is 2.46. The molecule has 1 aliphatic heterocycles. The number of methoxy groups -OCH3 is 1. The van der Waals surface area contributed by atoms with Crippen molar-refractivity contribution in [1.82, 2.24) is 15.6 Å². The van der Waals surface area contributed by atoms with E-state index in [-0.39, 0.29) is 17.1 Å². The van der Waals surface area contributed by atoms with Gasteiger partial charge in [-0.2, -0.15) is 0 Å². The third kappa shape index (κ3) is 4.43. The van der Waals surface area contributed by atoms with Crippen molar-refractivity contribution in [3.63, 3.8) is 0 Å². The third-order valence-corrected chi connectivity index (χ3v) is 7.29. The van der Waals surface area contributed by atoms with Crippen molar-refractivity contribution in [3.8, 4) is 5.75 Å². The van der Waals surface area contributed by atoms with Gasteiger partial charge in [0.2, 0.25) is 5.91 Å². The van der Waals surface area contributed by atoms with Crippen LogP contribution in [0.1, 0.15) is 50.7 Å². The monoisotopic (exact) mass is 483 g/mol. The summed E-state index contributed by atoms with van der Waals surface area (Å²) < 4.78 is 5.34. The number of ketones is 1. The molecule has 1 aromatic heterocycles. The van der Waals surface area contributed by atoms with Crippen molar-refractivity contribution in [2.45, 2.75) is 46.0 Å². The zero-order chi connectivity index (χ0) is 25.4. The van der Waals surface area contributed by atoms with Crippen LogP contribution in [0.15, 0.2) is 77.3 Å². The number of ether oxygens (including phenoxy) is 1. The van der Waals surface area contributed by atoms with E-state index in [1.54, 1.807) is 7.11 Å². The number of carbonyl (C=O) groups excluding carboxylic acids is 2. The van der Waals surface area contributed by atoms with E-state index >= 15 is 0 Å². The Morgan fingerprint density at radius 1 is 1.11 bits per heavy atom. The van der Waals surface area contributed by atoms with Gasteiger partial charge in [0.05, 0.1) is 7.11 Å². The number of fused-ring (bicyclic) bond motifs is 1. The largest absolute Gasteiger partial charge is 0.497 e. The van der Waals surface area contributed by atoms with Crippen LogP contribution in [0.4, 0.5) is 0 Å². The van der Waals surface area contributed by atoms with Gasteiger partial charge in [-0.3, -0.25) is 9.59 Å². The number of rotatable bonds is 6. The summed E-state index contributed by atoms with van der Waals surface area (Å²) >= 11 is 0. The number of dihydropyridines is 1. The van der Waals surface area contributed by atoms with Crippen molar-refractivity contribution < 1.29 is 14.3 Å². The molecular formula is C30H33N3O3. The lowest BCUT2D eigenvalue weighted by Crippen LogP contribution is -2.41. The number of hydrogen-bond acceptors (Lipinski definition) is 4. The number of aromatic amines is 1. The fourth-order valence-corrected chi connectivity index (χ4v) is 5.61. The average Bonchev–Trinajstić information content (AvgIpc) is 3.25. The number of allylic oxidation sites excluding steroid dienone is 3. The Morgan fingerprint density at radius 3 is 2.61 bits per heavy atom. The van der Waals surface area contributed by atoms with Crippen LogP contribution >= 0.6 is 0 Å². The predicted molar refractivity (Wildman–Crippen MR) is 142 cm³/mol. The lowest BCUT2D eigenvalue weighted by atomic mass is 9.68. The highest BCUT2D eigenvalue weighted by molar-refractivity contribution is 6.05. The molecule has 5 rings (SSSR count). The van der Waals surface area contributed by atoms with Gasteiger partial charge >= 0.3 is 0 Å². The lowest BCUT2D eigenvalue weighted by molar-refractivity contribution is -0.118. The van der Waals surface area contributed by atoms with E-state index in [9.17, 15) is 9.59 Å². The lowest BCUT2D eigenvalue weighted by Gasteiger charge is -2.39. The smallest absolute Gasteiger partial charge is 0.249 e. The van der Waals surface area contributed by atoms with Gasteiger partial charge in [-0.25, -0.2) is 0 Å². The minimum absolute atomic E-state index is 0.103. The van der Waals surface area contributed by atoms with E-state index in [4.69, 9.17) is 4.74 Å². The molecule has 3 N–H and O–H groups in total. The molecule has 1 atom stereocenters. The van der Waals surface area contributed by atoms with Crippen LogP contribution in [-0.2, 0) is 16.0 Å². The van der Waals surface area contributed by atoms with Crippen molar-refractivity contribution in [2.75, 3.05) is 13.7 Å². The van der Waals surface area contributed by atoms with Crippen LogP contribution in [0.25, 0.3) is 10.9 Å². The second kappa shape index (κ2) is 9.34. The Hall–Kier alpha value is -3.80. The maximum Gasteiger partial charge on any atom is 0.249 e. The van der Waals surface area contributed by atoms with Crippen LogP contribution in [0.5, 0.6) is 5.75 Å². The first-order valence-corrected chi connectivity index (χ1v) is 12.5. The molecule has 0 radical (unpaired) electrons. The summed E-state index contributed by atoms with van der Waals surface area (Å²) in [5.41, 5.74) is 6.10. The summed E-state index contributed by atoms with van der Waals surface area (Å²) in [6.07, 6.45) is 3.95. The topological polar surface area (TPSA) is 83.2 Å². The van der Waals surface area contributed by atoms with E-state index < -0.39 is 5.92 Å². The zero-order valence-corrected chi connectivity index (χ0v) is 21.3. The number of hydrogen-bond donors (Lipinski definition) is 3. The molecule has 6 heteroatoms. The number of carbonyl (C=O) groups is 2. The molecule has 2 heterocycles.